The Labute approximate surface area is 183 Å². The lowest BCUT2D eigenvalue weighted by molar-refractivity contribution is 0.122. The minimum Gasteiger partial charge on any atom is -0.363 e. The molecule has 0 aromatic carbocycles. The Hall–Kier alpha value is -2.10. The van der Waals surface area contributed by atoms with E-state index in [-0.39, 0.29) is 11.9 Å². The van der Waals surface area contributed by atoms with Crippen molar-refractivity contribution in [3.63, 3.8) is 0 Å². The van der Waals surface area contributed by atoms with Crippen LogP contribution >= 0.6 is 19.2 Å². The Morgan fingerprint density at radius 3 is 2.87 bits per heavy atom. The van der Waals surface area contributed by atoms with Crippen molar-refractivity contribution in [3.05, 3.63) is 35.5 Å². The first-order chi connectivity index (χ1) is 14.6. The average molecular weight is 469 g/mol. The SMILES string of the molecule is CC(C)(N1CCC[C@H](Nc2nc(-c3c[nH]c4ncc(Cl)cc34)ncc2F)C1)P(=O)(O)O. The van der Waals surface area contributed by atoms with Crippen molar-refractivity contribution in [3.8, 4) is 11.4 Å². The standard InChI is InChI=1S/C19H23ClFN6O3P/c1-19(2,31(28,29)30)27-5-3-4-12(10-27)25-18-15(21)9-24-17(26-18)14-8-23-16-13(14)6-11(20)7-22-16/h6-9,12H,3-5,10H2,1-2H3,(H,22,23)(H,24,25,26)(H2,28,29,30)/t12-/m0/s1. The van der Waals surface area contributed by atoms with Crippen molar-refractivity contribution in [2.24, 2.45) is 0 Å². The fourth-order valence-electron chi connectivity index (χ4n) is 3.73. The predicted molar refractivity (Wildman–Crippen MR) is 116 cm³/mol. The zero-order chi connectivity index (χ0) is 22.4. The van der Waals surface area contributed by atoms with Gasteiger partial charge in [0.05, 0.1) is 11.2 Å². The van der Waals surface area contributed by atoms with E-state index in [1.807, 2.05) is 0 Å². The number of aromatic nitrogens is 4. The van der Waals surface area contributed by atoms with Gasteiger partial charge in [0, 0.05) is 35.9 Å². The first-order valence-electron chi connectivity index (χ1n) is 9.79. The molecule has 4 rings (SSSR count). The van der Waals surface area contributed by atoms with Gasteiger partial charge >= 0.3 is 7.60 Å². The first-order valence-corrected chi connectivity index (χ1v) is 11.8. The van der Waals surface area contributed by atoms with Crippen molar-refractivity contribution in [1.82, 2.24) is 24.8 Å². The molecule has 166 valence electrons. The topological polar surface area (TPSA) is 127 Å². The van der Waals surface area contributed by atoms with Crippen LogP contribution in [0.2, 0.25) is 5.02 Å². The van der Waals surface area contributed by atoms with Gasteiger partial charge in [0.2, 0.25) is 0 Å². The van der Waals surface area contributed by atoms with Crippen LogP contribution in [0.15, 0.2) is 24.7 Å². The van der Waals surface area contributed by atoms with Crippen LogP contribution in [0.3, 0.4) is 0 Å². The molecule has 1 saturated heterocycles. The van der Waals surface area contributed by atoms with E-state index in [1.54, 1.807) is 17.2 Å². The monoisotopic (exact) mass is 468 g/mol. The minimum absolute atomic E-state index is 0.0372. The maximum Gasteiger partial charge on any atom is 0.345 e. The molecule has 1 aliphatic rings. The molecule has 0 saturated carbocycles. The molecule has 12 heteroatoms. The Balaban J connectivity index is 1.59. The number of hydrogen-bond donors (Lipinski definition) is 4. The van der Waals surface area contributed by atoms with Crippen molar-refractivity contribution in [1.29, 1.82) is 0 Å². The predicted octanol–water partition coefficient (Wildman–Crippen LogP) is 3.60. The number of halogens is 2. The summed E-state index contributed by atoms with van der Waals surface area (Å²) in [5.74, 6) is -0.260. The molecule has 1 fully saturated rings. The molecule has 4 heterocycles. The van der Waals surface area contributed by atoms with Gasteiger partial charge in [-0.1, -0.05) is 11.6 Å². The molecule has 0 spiro atoms. The highest BCUT2D eigenvalue weighted by Gasteiger charge is 2.44. The maximum absolute atomic E-state index is 14.5. The number of nitrogens with zero attached hydrogens (tertiary/aromatic N) is 4. The summed E-state index contributed by atoms with van der Waals surface area (Å²) in [6.45, 7) is 3.95. The van der Waals surface area contributed by atoms with Gasteiger partial charge < -0.3 is 20.1 Å². The molecule has 9 nitrogen and oxygen atoms in total. The van der Waals surface area contributed by atoms with E-state index in [0.717, 1.165) is 18.0 Å². The molecule has 0 aliphatic carbocycles. The van der Waals surface area contributed by atoms with Crippen LogP contribution in [-0.2, 0) is 4.57 Å². The maximum atomic E-state index is 14.5. The third kappa shape index (κ3) is 4.31. The largest absolute Gasteiger partial charge is 0.363 e. The number of piperidine rings is 1. The fourth-order valence-corrected chi connectivity index (χ4v) is 4.44. The van der Waals surface area contributed by atoms with Crippen LogP contribution in [0.4, 0.5) is 10.2 Å². The van der Waals surface area contributed by atoms with E-state index in [4.69, 9.17) is 11.6 Å². The van der Waals surface area contributed by atoms with Gasteiger partial charge in [-0.05, 0) is 39.3 Å². The van der Waals surface area contributed by atoms with Gasteiger partial charge in [-0.15, -0.1) is 0 Å². The van der Waals surface area contributed by atoms with E-state index in [0.29, 0.717) is 41.6 Å². The van der Waals surface area contributed by atoms with Crippen LogP contribution in [0.5, 0.6) is 0 Å². The highest BCUT2D eigenvalue weighted by molar-refractivity contribution is 7.53. The Kier molecular flexibility index (Phi) is 5.78. The highest BCUT2D eigenvalue weighted by atomic mass is 35.5. The number of likely N-dealkylation sites (tertiary alicyclic amines) is 1. The second-order valence-electron chi connectivity index (χ2n) is 8.11. The summed E-state index contributed by atoms with van der Waals surface area (Å²) in [6, 6.07) is 1.51. The summed E-state index contributed by atoms with van der Waals surface area (Å²) in [5, 5.41) is 2.97. The van der Waals surface area contributed by atoms with Gasteiger partial charge in [-0.25, -0.2) is 19.3 Å². The summed E-state index contributed by atoms with van der Waals surface area (Å²) in [6.07, 6.45) is 5.75. The number of rotatable bonds is 5. The Morgan fingerprint density at radius 1 is 1.35 bits per heavy atom. The third-order valence-corrected chi connectivity index (χ3v) is 7.65. The normalized spacial score (nSPS) is 18.5. The molecule has 0 radical (unpaired) electrons. The summed E-state index contributed by atoms with van der Waals surface area (Å²) in [4.78, 5) is 36.9. The molecule has 1 atom stereocenters. The van der Waals surface area contributed by atoms with E-state index in [2.05, 4.69) is 25.3 Å². The fraction of sp³-hybridized carbons (Fsp3) is 0.421. The smallest absolute Gasteiger partial charge is 0.345 e. The lowest BCUT2D eigenvalue weighted by Crippen LogP contribution is -2.52. The van der Waals surface area contributed by atoms with Crippen molar-refractivity contribution < 1.29 is 18.7 Å². The summed E-state index contributed by atoms with van der Waals surface area (Å²) in [7, 11) is -4.35. The molecule has 0 unspecified atom stereocenters. The zero-order valence-corrected chi connectivity index (χ0v) is 18.7. The number of fused-ring (bicyclic) bond motifs is 1. The van der Waals surface area contributed by atoms with Crippen molar-refractivity contribution in [2.45, 2.75) is 38.0 Å². The Bertz CT molecular complexity index is 1170. The molecular weight excluding hydrogens is 446 g/mol. The highest BCUT2D eigenvalue weighted by Crippen LogP contribution is 2.52. The number of nitrogens with one attached hydrogen (secondary N) is 2. The lowest BCUT2D eigenvalue weighted by Gasteiger charge is -2.43. The van der Waals surface area contributed by atoms with E-state index < -0.39 is 18.7 Å². The lowest BCUT2D eigenvalue weighted by atomic mass is 10.0. The van der Waals surface area contributed by atoms with Crippen LogP contribution in [0, 0.1) is 5.82 Å². The van der Waals surface area contributed by atoms with Crippen molar-refractivity contribution in [2.75, 3.05) is 18.4 Å². The second kappa shape index (κ2) is 8.11. The van der Waals surface area contributed by atoms with Crippen LogP contribution in [-0.4, -0.2) is 59.0 Å². The number of pyridine rings is 1. The molecule has 4 N–H and O–H groups in total. The Morgan fingerprint density at radius 2 is 2.13 bits per heavy atom. The first kappa shape index (κ1) is 22.1. The molecule has 31 heavy (non-hydrogen) atoms. The zero-order valence-electron chi connectivity index (χ0n) is 17.0. The van der Waals surface area contributed by atoms with Crippen LogP contribution < -0.4 is 5.32 Å². The van der Waals surface area contributed by atoms with Gasteiger partial charge in [-0.3, -0.25) is 9.46 Å². The van der Waals surface area contributed by atoms with Crippen LogP contribution in [0.25, 0.3) is 22.4 Å². The average Bonchev–Trinajstić information content (AvgIpc) is 3.12. The minimum atomic E-state index is -4.35. The van der Waals surface area contributed by atoms with Gasteiger partial charge in [0.25, 0.3) is 0 Å². The third-order valence-electron chi connectivity index (χ3n) is 5.73. The summed E-state index contributed by atoms with van der Waals surface area (Å²) < 4.78 is 26.4. The molecular formula is C19H23ClFN6O3P. The van der Waals surface area contributed by atoms with E-state index >= 15 is 0 Å². The summed E-state index contributed by atoms with van der Waals surface area (Å²) in [5.41, 5.74) is 1.25. The molecule has 1 aliphatic heterocycles. The molecule has 3 aromatic rings. The van der Waals surface area contributed by atoms with Gasteiger partial charge in [0.1, 0.15) is 10.9 Å². The number of aromatic amines is 1. The van der Waals surface area contributed by atoms with Gasteiger partial charge in [0.15, 0.2) is 17.5 Å². The quantitative estimate of drug-likeness (QED) is 0.418. The number of hydrogen-bond acceptors (Lipinski definition) is 6. The number of H-pyrrole nitrogens is 1. The molecule has 0 bridgehead atoms. The molecule has 0 amide bonds. The number of anilines is 1. The van der Waals surface area contributed by atoms with Crippen molar-refractivity contribution >= 4 is 36.0 Å². The van der Waals surface area contributed by atoms with Gasteiger partial charge in [-0.2, -0.15) is 0 Å². The van der Waals surface area contributed by atoms with E-state index in [9.17, 15) is 18.7 Å². The summed E-state index contributed by atoms with van der Waals surface area (Å²) >= 11 is 6.05. The van der Waals surface area contributed by atoms with E-state index in [1.165, 1.54) is 20.0 Å². The molecule has 3 aromatic heterocycles. The van der Waals surface area contributed by atoms with Crippen LogP contribution in [0.1, 0.15) is 26.7 Å². The second-order valence-corrected chi connectivity index (χ2v) is 10.7.